The maximum Gasteiger partial charge on any atom is 0.237 e. The van der Waals surface area contributed by atoms with Crippen molar-refractivity contribution in [3.8, 4) is 0 Å². The fraction of sp³-hybridized carbons (Fsp3) is 0.727. The molecule has 5 nitrogen and oxygen atoms in total. The van der Waals surface area contributed by atoms with Crippen LogP contribution in [0.25, 0.3) is 0 Å². The van der Waals surface area contributed by atoms with Gasteiger partial charge in [-0.3, -0.25) is 4.79 Å². The van der Waals surface area contributed by atoms with Gasteiger partial charge in [0.25, 0.3) is 0 Å². The van der Waals surface area contributed by atoms with Crippen molar-refractivity contribution >= 4 is 15.7 Å². The standard InChI is InChI=1S/C11H18N2O3S/c14-11(10-4-2-1-3-6-12-10)13-9-5-7-17(15,16)8-9/h5,7,9-10,12H,1-4,6,8H2,(H,13,14). The lowest BCUT2D eigenvalue weighted by molar-refractivity contribution is -0.123. The Labute approximate surface area is 102 Å². The molecule has 2 rings (SSSR count). The normalized spacial score (nSPS) is 32.0. The van der Waals surface area contributed by atoms with Crippen LogP contribution in [0, 0.1) is 0 Å². The average Bonchev–Trinajstić information content (AvgIpc) is 2.52. The van der Waals surface area contributed by atoms with E-state index in [4.69, 9.17) is 0 Å². The van der Waals surface area contributed by atoms with Crippen LogP contribution >= 0.6 is 0 Å². The molecule has 0 spiro atoms. The Morgan fingerprint density at radius 3 is 2.82 bits per heavy atom. The van der Waals surface area contributed by atoms with Crippen LogP contribution < -0.4 is 10.6 Å². The van der Waals surface area contributed by atoms with Crippen LogP contribution in [0.1, 0.15) is 25.7 Å². The number of carbonyl (C=O) groups is 1. The lowest BCUT2D eigenvalue weighted by Crippen LogP contribution is -2.47. The Hall–Kier alpha value is -0.880. The van der Waals surface area contributed by atoms with E-state index in [-0.39, 0.29) is 23.7 Å². The molecule has 0 bridgehead atoms. The van der Waals surface area contributed by atoms with Gasteiger partial charge in [-0.05, 0) is 25.5 Å². The first kappa shape index (κ1) is 12.6. The van der Waals surface area contributed by atoms with Gasteiger partial charge in [-0.15, -0.1) is 0 Å². The lowest BCUT2D eigenvalue weighted by atomic mass is 10.1. The highest BCUT2D eigenvalue weighted by molar-refractivity contribution is 7.94. The van der Waals surface area contributed by atoms with Crippen molar-refractivity contribution in [2.24, 2.45) is 0 Å². The summed E-state index contributed by atoms with van der Waals surface area (Å²) in [6.45, 7) is 0.858. The molecule has 17 heavy (non-hydrogen) atoms. The van der Waals surface area contributed by atoms with Gasteiger partial charge in [0.05, 0.1) is 17.8 Å². The first-order valence-electron chi connectivity index (χ1n) is 6.01. The quantitative estimate of drug-likeness (QED) is 0.728. The fourth-order valence-corrected chi connectivity index (χ4v) is 3.44. The summed E-state index contributed by atoms with van der Waals surface area (Å²) in [5, 5.41) is 7.13. The summed E-state index contributed by atoms with van der Waals surface area (Å²) in [4.78, 5) is 11.9. The van der Waals surface area contributed by atoms with Crippen LogP contribution in [0.15, 0.2) is 11.5 Å². The lowest BCUT2D eigenvalue weighted by Gasteiger charge is -2.17. The monoisotopic (exact) mass is 258 g/mol. The maximum absolute atomic E-state index is 11.9. The van der Waals surface area contributed by atoms with Crippen molar-refractivity contribution in [1.29, 1.82) is 0 Å². The summed E-state index contributed by atoms with van der Waals surface area (Å²) in [5.74, 6) is -0.0931. The second-order valence-corrected chi connectivity index (χ2v) is 6.56. The molecule has 1 fully saturated rings. The van der Waals surface area contributed by atoms with E-state index in [0.29, 0.717) is 0 Å². The topological polar surface area (TPSA) is 75.3 Å². The minimum absolute atomic E-state index is 0.00847. The Kier molecular flexibility index (Phi) is 3.83. The third kappa shape index (κ3) is 3.54. The molecule has 6 heteroatoms. The highest BCUT2D eigenvalue weighted by Crippen LogP contribution is 2.11. The summed E-state index contributed by atoms with van der Waals surface area (Å²) in [5.41, 5.74) is 0. The molecule has 2 aliphatic rings. The van der Waals surface area contributed by atoms with Gasteiger partial charge < -0.3 is 10.6 Å². The average molecular weight is 258 g/mol. The summed E-state index contributed by atoms with van der Waals surface area (Å²) in [6, 6.07) is -0.535. The Morgan fingerprint density at radius 1 is 1.29 bits per heavy atom. The molecule has 0 radical (unpaired) electrons. The van der Waals surface area contributed by atoms with E-state index in [0.717, 1.165) is 32.2 Å². The zero-order valence-electron chi connectivity index (χ0n) is 9.69. The van der Waals surface area contributed by atoms with Crippen LogP contribution in [0.4, 0.5) is 0 Å². The van der Waals surface area contributed by atoms with Crippen molar-refractivity contribution < 1.29 is 13.2 Å². The van der Waals surface area contributed by atoms with Gasteiger partial charge in [0.15, 0.2) is 9.84 Å². The molecule has 0 aliphatic carbocycles. The van der Waals surface area contributed by atoms with Crippen LogP contribution in [0.5, 0.6) is 0 Å². The van der Waals surface area contributed by atoms with Crippen molar-refractivity contribution in [2.75, 3.05) is 12.3 Å². The molecular weight excluding hydrogens is 240 g/mol. The van der Waals surface area contributed by atoms with Gasteiger partial charge in [-0.25, -0.2) is 8.42 Å². The molecule has 0 aromatic rings. The van der Waals surface area contributed by atoms with Crippen LogP contribution in [0.3, 0.4) is 0 Å². The fourth-order valence-electron chi connectivity index (χ4n) is 2.20. The van der Waals surface area contributed by atoms with E-state index in [1.165, 1.54) is 5.41 Å². The van der Waals surface area contributed by atoms with Gasteiger partial charge in [0.1, 0.15) is 0 Å². The third-order valence-corrected chi connectivity index (χ3v) is 4.53. The minimum atomic E-state index is -3.09. The predicted octanol–water partition coefficient (Wildman–Crippen LogP) is -0.0545. The second kappa shape index (κ2) is 5.18. The highest BCUT2D eigenvalue weighted by atomic mass is 32.2. The number of sulfone groups is 1. The Bertz CT molecular complexity index is 408. The summed E-state index contributed by atoms with van der Waals surface area (Å²) in [6.07, 6.45) is 5.67. The zero-order chi connectivity index (χ0) is 12.3. The largest absolute Gasteiger partial charge is 0.347 e. The maximum atomic E-state index is 11.9. The van der Waals surface area contributed by atoms with E-state index in [1.807, 2.05) is 0 Å². The zero-order valence-corrected chi connectivity index (χ0v) is 10.5. The van der Waals surface area contributed by atoms with E-state index in [1.54, 1.807) is 6.08 Å². The smallest absolute Gasteiger partial charge is 0.237 e. The number of hydrogen-bond donors (Lipinski definition) is 2. The van der Waals surface area contributed by atoms with Crippen LogP contribution in [-0.4, -0.2) is 38.7 Å². The number of hydrogen-bond acceptors (Lipinski definition) is 4. The molecule has 0 aromatic carbocycles. The predicted molar refractivity (Wildman–Crippen MR) is 65.1 cm³/mol. The Morgan fingerprint density at radius 2 is 2.12 bits per heavy atom. The van der Waals surface area contributed by atoms with Crippen molar-refractivity contribution in [1.82, 2.24) is 10.6 Å². The van der Waals surface area contributed by atoms with E-state index in [2.05, 4.69) is 10.6 Å². The number of nitrogens with one attached hydrogen (secondary N) is 2. The molecule has 2 unspecified atom stereocenters. The van der Waals surface area contributed by atoms with E-state index < -0.39 is 9.84 Å². The third-order valence-electron chi connectivity index (χ3n) is 3.13. The van der Waals surface area contributed by atoms with E-state index in [9.17, 15) is 13.2 Å². The molecule has 1 saturated heterocycles. The van der Waals surface area contributed by atoms with Crippen LogP contribution in [0.2, 0.25) is 0 Å². The van der Waals surface area contributed by atoms with E-state index >= 15 is 0 Å². The molecule has 96 valence electrons. The molecule has 0 aromatic heterocycles. The van der Waals surface area contributed by atoms with Gasteiger partial charge >= 0.3 is 0 Å². The number of rotatable bonds is 2. The van der Waals surface area contributed by atoms with Gasteiger partial charge in [-0.2, -0.15) is 0 Å². The number of carbonyl (C=O) groups excluding carboxylic acids is 1. The minimum Gasteiger partial charge on any atom is -0.347 e. The Balaban J connectivity index is 1.87. The molecule has 2 atom stereocenters. The molecule has 1 amide bonds. The summed E-state index contributed by atoms with van der Waals surface area (Å²) in [7, 11) is -3.09. The number of amides is 1. The summed E-state index contributed by atoms with van der Waals surface area (Å²) >= 11 is 0. The first-order valence-corrected chi connectivity index (χ1v) is 7.73. The second-order valence-electron chi connectivity index (χ2n) is 4.63. The summed E-state index contributed by atoms with van der Waals surface area (Å²) < 4.78 is 22.4. The SMILES string of the molecule is O=C(NC1C=CS(=O)(=O)C1)C1CCCCCN1. The molecule has 0 saturated carbocycles. The van der Waals surface area contributed by atoms with Crippen molar-refractivity contribution in [3.63, 3.8) is 0 Å². The first-order chi connectivity index (χ1) is 8.07. The van der Waals surface area contributed by atoms with Crippen LogP contribution in [-0.2, 0) is 14.6 Å². The molecule has 2 aliphatic heterocycles. The van der Waals surface area contributed by atoms with Gasteiger partial charge in [-0.1, -0.05) is 12.8 Å². The van der Waals surface area contributed by atoms with Gasteiger partial charge in [0.2, 0.25) is 5.91 Å². The molecular formula is C11H18N2O3S. The van der Waals surface area contributed by atoms with Crippen molar-refractivity contribution in [3.05, 3.63) is 11.5 Å². The highest BCUT2D eigenvalue weighted by Gasteiger charge is 2.26. The van der Waals surface area contributed by atoms with Crippen molar-refractivity contribution in [2.45, 2.75) is 37.8 Å². The molecule has 2 heterocycles. The molecule has 2 N–H and O–H groups in total. The van der Waals surface area contributed by atoms with Gasteiger partial charge in [0, 0.05) is 5.41 Å².